The SMILES string of the molecule is CN1CCC(N(C)C(=O)C(=O)NC2CC2)CC1. The third kappa shape index (κ3) is 3.19. The van der Waals surface area contributed by atoms with Gasteiger partial charge in [0.15, 0.2) is 0 Å². The second-order valence-corrected chi connectivity index (χ2v) is 5.20. The van der Waals surface area contributed by atoms with Crippen LogP contribution in [0.1, 0.15) is 25.7 Å². The molecular formula is C12H21N3O2. The summed E-state index contributed by atoms with van der Waals surface area (Å²) in [6.07, 6.45) is 3.93. The third-order valence-corrected chi connectivity index (χ3v) is 3.66. The normalized spacial score (nSPS) is 22.2. The Kier molecular flexibility index (Phi) is 3.66. The molecule has 0 bridgehead atoms. The maximum Gasteiger partial charge on any atom is 0.311 e. The van der Waals surface area contributed by atoms with Crippen molar-refractivity contribution < 1.29 is 9.59 Å². The standard InChI is InChI=1S/C12H21N3O2/c1-14-7-5-10(6-8-14)15(2)12(17)11(16)13-9-3-4-9/h9-10H,3-8H2,1-2H3,(H,13,16). The van der Waals surface area contributed by atoms with E-state index in [1.54, 1.807) is 11.9 Å². The molecule has 0 unspecified atom stereocenters. The summed E-state index contributed by atoms with van der Waals surface area (Å²) in [7, 11) is 3.82. The zero-order valence-electron chi connectivity index (χ0n) is 10.6. The fourth-order valence-corrected chi connectivity index (χ4v) is 2.18. The van der Waals surface area contributed by atoms with Crippen LogP contribution < -0.4 is 5.32 Å². The lowest BCUT2D eigenvalue weighted by Gasteiger charge is -2.34. The van der Waals surface area contributed by atoms with Crippen molar-refractivity contribution in [2.75, 3.05) is 27.2 Å². The van der Waals surface area contributed by atoms with Gasteiger partial charge in [0.25, 0.3) is 0 Å². The highest BCUT2D eigenvalue weighted by Gasteiger charge is 2.31. The van der Waals surface area contributed by atoms with Crippen LogP contribution in [0.5, 0.6) is 0 Å². The summed E-state index contributed by atoms with van der Waals surface area (Å²) in [5.74, 6) is -0.819. The van der Waals surface area contributed by atoms with Crippen molar-refractivity contribution in [3.05, 3.63) is 0 Å². The molecule has 2 fully saturated rings. The highest BCUT2D eigenvalue weighted by molar-refractivity contribution is 6.35. The minimum atomic E-state index is -0.436. The lowest BCUT2D eigenvalue weighted by molar-refractivity contribution is -0.147. The van der Waals surface area contributed by atoms with E-state index in [1.807, 2.05) is 0 Å². The van der Waals surface area contributed by atoms with E-state index >= 15 is 0 Å². The van der Waals surface area contributed by atoms with Crippen LogP contribution >= 0.6 is 0 Å². The van der Waals surface area contributed by atoms with E-state index in [0.29, 0.717) is 0 Å². The Morgan fingerprint density at radius 1 is 1.18 bits per heavy atom. The van der Waals surface area contributed by atoms with Crippen molar-refractivity contribution in [2.24, 2.45) is 0 Å². The monoisotopic (exact) mass is 239 g/mol. The number of nitrogens with one attached hydrogen (secondary N) is 1. The van der Waals surface area contributed by atoms with E-state index in [2.05, 4.69) is 17.3 Å². The second kappa shape index (κ2) is 5.04. The van der Waals surface area contributed by atoms with Gasteiger partial charge in [0.05, 0.1) is 0 Å². The molecule has 17 heavy (non-hydrogen) atoms. The lowest BCUT2D eigenvalue weighted by Crippen LogP contribution is -2.49. The van der Waals surface area contributed by atoms with Crippen molar-refractivity contribution in [1.29, 1.82) is 0 Å². The zero-order chi connectivity index (χ0) is 12.4. The Balaban J connectivity index is 1.83. The van der Waals surface area contributed by atoms with Gasteiger partial charge in [0, 0.05) is 19.1 Å². The molecule has 1 saturated carbocycles. The predicted octanol–water partition coefficient (Wildman–Crippen LogP) is -0.182. The first-order valence-electron chi connectivity index (χ1n) is 6.34. The van der Waals surface area contributed by atoms with Crippen LogP contribution in [0.15, 0.2) is 0 Å². The maximum atomic E-state index is 11.9. The number of likely N-dealkylation sites (tertiary alicyclic amines) is 1. The molecule has 0 aromatic heterocycles. The van der Waals surface area contributed by atoms with Crippen molar-refractivity contribution in [2.45, 2.75) is 37.8 Å². The minimum Gasteiger partial charge on any atom is -0.345 e. The summed E-state index contributed by atoms with van der Waals surface area (Å²) in [5.41, 5.74) is 0. The first kappa shape index (κ1) is 12.4. The van der Waals surface area contributed by atoms with Crippen LogP contribution in [0.3, 0.4) is 0 Å². The van der Waals surface area contributed by atoms with Crippen molar-refractivity contribution in [3.63, 3.8) is 0 Å². The molecule has 1 saturated heterocycles. The van der Waals surface area contributed by atoms with E-state index in [1.165, 1.54) is 0 Å². The number of rotatable bonds is 2. The largest absolute Gasteiger partial charge is 0.345 e. The first-order chi connectivity index (χ1) is 8.08. The van der Waals surface area contributed by atoms with Gasteiger partial charge in [-0.2, -0.15) is 0 Å². The molecule has 0 radical (unpaired) electrons. The fourth-order valence-electron chi connectivity index (χ4n) is 2.18. The lowest BCUT2D eigenvalue weighted by atomic mass is 10.0. The van der Waals surface area contributed by atoms with Gasteiger partial charge < -0.3 is 15.1 Å². The quantitative estimate of drug-likeness (QED) is 0.680. The van der Waals surface area contributed by atoms with Gasteiger partial charge in [-0.25, -0.2) is 0 Å². The minimum absolute atomic E-state index is 0.212. The number of carbonyl (C=O) groups excluding carboxylic acids is 2. The molecule has 1 aliphatic carbocycles. The molecule has 2 amide bonds. The molecule has 0 atom stereocenters. The van der Waals surface area contributed by atoms with Crippen LogP contribution in [-0.2, 0) is 9.59 Å². The van der Waals surface area contributed by atoms with E-state index in [4.69, 9.17) is 0 Å². The van der Waals surface area contributed by atoms with Crippen LogP contribution in [0.4, 0.5) is 0 Å². The summed E-state index contributed by atoms with van der Waals surface area (Å²) in [6, 6.07) is 0.459. The van der Waals surface area contributed by atoms with Gasteiger partial charge in [-0.15, -0.1) is 0 Å². The second-order valence-electron chi connectivity index (χ2n) is 5.20. The van der Waals surface area contributed by atoms with E-state index in [0.717, 1.165) is 38.8 Å². The maximum absolute atomic E-state index is 11.9. The van der Waals surface area contributed by atoms with Gasteiger partial charge in [-0.1, -0.05) is 0 Å². The van der Waals surface area contributed by atoms with Gasteiger partial charge in [-0.3, -0.25) is 9.59 Å². The van der Waals surface area contributed by atoms with Crippen molar-refractivity contribution in [1.82, 2.24) is 15.1 Å². The number of carbonyl (C=O) groups is 2. The Bertz CT molecular complexity index is 307. The number of piperidine rings is 1. The Morgan fingerprint density at radius 2 is 1.76 bits per heavy atom. The molecule has 96 valence electrons. The molecule has 0 aromatic rings. The molecule has 2 aliphatic rings. The molecule has 5 heteroatoms. The molecule has 5 nitrogen and oxygen atoms in total. The average molecular weight is 239 g/mol. The third-order valence-electron chi connectivity index (χ3n) is 3.66. The molecule has 1 aliphatic heterocycles. The first-order valence-corrected chi connectivity index (χ1v) is 6.34. The summed E-state index contributed by atoms with van der Waals surface area (Å²) >= 11 is 0. The zero-order valence-corrected chi connectivity index (χ0v) is 10.6. The smallest absolute Gasteiger partial charge is 0.311 e. The number of likely N-dealkylation sites (N-methyl/N-ethyl adjacent to an activating group) is 1. The number of hydrogen-bond donors (Lipinski definition) is 1. The van der Waals surface area contributed by atoms with Crippen LogP contribution in [-0.4, -0.2) is 60.9 Å². The number of amides is 2. The molecular weight excluding hydrogens is 218 g/mol. The van der Waals surface area contributed by atoms with Crippen LogP contribution in [0, 0.1) is 0 Å². The van der Waals surface area contributed by atoms with Crippen molar-refractivity contribution in [3.8, 4) is 0 Å². The summed E-state index contributed by atoms with van der Waals surface area (Å²) < 4.78 is 0. The highest BCUT2D eigenvalue weighted by atomic mass is 16.2. The highest BCUT2D eigenvalue weighted by Crippen LogP contribution is 2.19. The van der Waals surface area contributed by atoms with Crippen molar-refractivity contribution >= 4 is 11.8 Å². The average Bonchev–Trinajstić information content (AvgIpc) is 3.12. The van der Waals surface area contributed by atoms with Crippen LogP contribution in [0.25, 0.3) is 0 Å². The molecule has 0 spiro atoms. The summed E-state index contributed by atoms with van der Waals surface area (Å²) in [6.45, 7) is 1.99. The van der Waals surface area contributed by atoms with E-state index < -0.39 is 5.91 Å². The topological polar surface area (TPSA) is 52.7 Å². The van der Waals surface area contributed by atoms with Gasteiger partial charge in [-0.05, 0) is 45.8 Å². The summed E-state index contributed by atoms with van der Waals surface area (Å²) in [5, 5.41) is 2.74. The van der Waals surface area contributed by atoms with E-state index in [9.17, 15) is 9.59 Å². The number of nitrogens with zero attached hydrogens (tertiary/aromatic N) is 2. The van der Waals surface area contributed by atoms with Crippen LogP contribution in [0.2, 0.25) is 0 Å². The summed E-state index contributed by atoms with van der Waals surface area (Å²) in [4.78, 5) is 27.4. The van der Waals surface area contributed by atoms with Gasteiger partial charge >= 0.3 is 11.8 Å². The van der Waals surface area contributed by atoms with Gasteiger partial charge in [0.2, 0.25) is 0 Å². The molecule has 0 aromatic carbocycles. The predicted molar refractivity (Wildman–Crippen MR) is 64.5 cm³/mol. The fraction of sp³-hybridized carbons (Fsp3) is 0.833. The Labute approximate surface area is 102 Å². The van der Waals surface area contributed by atoms with E-state index in [-0.39, 0.29) is 18.0 Å². The Hall–Kier alpha value is -1.10. The Morgan fingerprint density at radius 3 is 2.29 bits per heavy atom. The number of hydrogen-bond acceptors (Lipinski definition) is 3. The molecule has 1 N–H and O–H groups in total. The molecule has 2 rings (SSSR count). The molecule has 1 heterocycles. The van der Waals surface area contributed by atoms with Gasteiger partial charge in [0.1, 0.15) is 0 Å².